The molecule has 0 bridgehead atoms. The van der Waals surface area contributed by atoms with E-state index in [4.69, 9.17) is 4.74 Å². The third kappa shape index (κ3) is 3.62. The average molecular weight is 245 g/mol. The summed E-state index contributed by atoms with van der Waals surface area (Å²) in [6.07, 6.45) is 0. The van der Waals surface area contributed by atoms with Crippen LogP contribution in [0.4, 0.5) is 0 Å². The number of hydrogen-bond donors (Lipinski definition) is 0. The van der Waals surface area contributed by atoms with Gasteiger partial charge in [0, 0.05) is 0 Å². The first kappa shape index (κ1) is 10.3. The van der Waals surface area contributed by atoms with Crippen molar-refractivity contribution in [2.24, 2.45) is 0 Å². The molecule has 1 aromatic rings. The van der Waals surface area contributed by atoms with Gasteiger partial charge in [-0.2, -0.15) is 0 Å². The molecule has 0 aliphatic heterocycles. The quantitative estimate of drug-likeness (QED) is 0.585. The predicted octanol–water partition coefficient (Wildman–Crippen LogP) is 1.03. The summed E-state index contributed by atoms with van der Waals surface area (Å²) in [7, 11) is 1.65. The van der Waals surface area contributed by atoms with Gasteiger partial charge in [0.05, 0.1) is 0 Å². The Kier molecular flexibility index (Phi) is 4.00. The standard InChI is InChI=1S/C10H12O2Se/c1-8(11)7-13-10-5-3-9(12-2)4-6-10/h3-6H,7H2,1-2H3/i7+1,8+1. The molecular weight excluding hydrogens is 233 g/mol. The van der Waals surface area contributed by atoms with Gasteiger partial charge in [-0.15, -0.1) is 0 Å². The number of benzene rings is 1. The van der Waals surface area contributed by atoms with Crippen LogP contribution in [-0.2, 0) is 4.79 Å². The first-order chi connectivity index (χ1) is 6.22. The van der Waals surface area contributed by atoms with Crippen LogP contribution in [-0.4, -0.2) is 27.8 Å². The predicted molar refractivity (Wildman–Crippen MR) is 53.9 cm³/mol. The summed E-state index contributed by atoms with van der Waals surface area (Å²) in [5.41, 5.74) is 0. The molecule has 0 amide bonds. The Morgan fingerprint density at radius 3 is 2.46 bits per heavy atom. The van der Waals surface area contributed by atoms with E-state index in [9.17, 15) is 4.79 Å². The fourth-order valence-corrected chi connectivity index (χ4v) is 2.32. The van der Waals surface area contributed by atoms with Crippen LogP contribution in [0.2, 0.25) is 5.32 Å². The summed E-state index contributed by atoms with van der Waals surface area (Å²) < 4.78 is 6.27. The van der Waals surface area contributed by atoms with Gasteiger partial charge in [0.15, 0.2) is 0 Å². The van der Waals surface area contributed by atoms with E-state index in [-0.39, 0.29) is 20.7 Å². The molecule has 0 saturated carbocycles. The van der Waals surface area contributed by atoms with Crippen LogP contribution in [0.15, 0.2) is 24.3 Å². The van der Waals surface area contributed by atoms with Gasteiger partial charge in [-0.25, -0.2) is 0 Å². The van der Waals surface area contributed by atoms with Crippen LogP contribution in [0.25, 0.3) is 0 Å². The number of methoxy groups -OCH3 is 1. The second-order valence-electron chi connectivity index (χ2n) is 2.67. The van der Waals surface area contributed by atoms with Gasteiger partial charge in [-0.1, -0.05) is 0 Å². The van der Waals surface area contributed by atoms with Crippen molar-refractivity contribution >= 4 is 25.2 Å². The van der Waals surface area contributed by atoms with E-state index in [1.807, 2.05) is 24.3 Å². The Morgan fingerprint density at radius 1 is 1.38 bits per heavy atom. The minimum absolute atomic E-state index is 0.260. The van der Waals surface area contributed by atoms with E-state index in [0.717, 1.165) is 5.75 Å². The first-order valence-corrected chi connectivity index (χ1v) is 6.05. The topological polar surface area (TPSA) is 26.3 Å². The molecule has 0 aliphatic carbocycles. The fraction of sp³-hybridized carbons (Fsp3) is 0.300. The zero-order chi connectivity index (χ0) is 9.68. The summed E-state index contributed by atoms with van der Waals surface area (Å²) in [5, 5.41) is 0.680. The van der Waals surface area contributed by atoms with Crippen molar-refractivity contribution in [1.29, 1.82) is 0 Å². The number of ether oxygens (including phenoxy) is 1. The molecule has 0 saturated heterocycles. The van der Waals surface area contributed by atoms with Crippen molar-refractivity contribution < 1.29 is 9.53 Å². The molecule has 1 rings (SSSR count). The van der Waals surface area contributed by atoms with Crippen LogP contribution in [0.1, 0.15) is 6.92 Å². The zero-order valence-electron chi connectivity index (χ0n) is 7.74. The van der Waals surface area contributed by atoms with Crippen molar-refractivity contribution in [3.05, 3.63) is 24.3 Å². The Hall–Kier alpha value is -0.791. The van der Waals surface area contributed by atoms with E-state index in [1.54, 1.807) is 14.0 Å². The van der Waals surface area contributed by atoms with Crippen molar-refractivity contribution in [2.45, 2.75) is 12.2 Å². The maximum atomic E-state index is 10.7. The minimum atomic E-state index is 0.260. The number of Topliss-reactive ketones (excluding diaryl/α,β-unsaturated/α-hetero) is 1. The van der Waals surface area contributed by atoms with E-state index in [0.29, 0.717) is 5.32 Å². The third-order valence-corrected chi connectivity index (χ3v) is 3.93. The first-order valence-electron chi connectivity index (χ1n) is 3.98. The van der Waals surface area contributed by atoms with Gasteiger partial charge in [0.25, 0.3) is 0 Å². The van der Waals surface area contributed by atoms with Crippen LogP contribution in [0.5, 0.6) is 5.75 Å². The number of ketones is 1. The number of carbonyl (C=O) groups excluding carboxylic acids is 1. The summed E-state index contributed by atoms with van der Waals surface area (Å²) in [5.74, 6) is 1.12. The summed E-state index contributed by atoms with van der Waals surface area (Å²) >= 11 is 0.276. The van der Waals surface area contributed by atoms with Gasteiger partial charge in [0.2, 0.25) is 0 Å². The van der Waals surface area contributed by atoms with Gasteiger partial charge in [-0.3, -0.25) is 0 Å². The normalized spacial score (nSPS) is 9.69. The van der Waals surface area contributed by atoms with Crippen LogP contribution in [0.3, 0.4) is 0 Å². The molecule has 3 heteroatoms. The van der Waals surface area contributed by atoms with Crippen LogP contribution in [0, 0.1) is 0 Å². The molecule has 0 fully saturated rings. The van der Waals surface area contributed by atoms with E-state index < -0.39 is 0 Å². The number of carbonyl (C=O) groups is 1. The molecule has 1 aromatic carbocycles. The van der Waals surface area contributed by atoms with Crippen molar-refractivity contribution in [3.63, 3.8) is 0 Å². The Balaban J connectivity index is 2.54. The summed E-state index contributed by atoms with van der Waals surface area (Å²) in [6.45, 7) is 1.63. The second-order valence-corrected chi connectivity index (χ2v) is 4.87. The summed E-state index contributed by atoms with van der Waals surface area (Å²) in [6, 6.07) is 7.89. The molecule has 70 valence electrons. The SMILES string of the molecule is COc1ccc([Se][13CH2][13C](C)=O)cc1. The molecule has 0 N–H and O–H groups in total. The molecule has 13 heavy (non-hydrogen) atoms. The zero-order valence-corrected chi connectivity index (χ0v) is 9.45. The second kappa shape index (κ2) is 5.05. The molecule has 0 radical (unpaired) electrons. The molecule has 0 spiro atoms. The molecule has 0 atom stereocenters. The van der Waals surface area contributed by atoms with Gasteiger partial charge < -0.3 is 0 Å². The molecule has 0 heterocycles. The van der Waals surface area contributed by atoms with Crippen molar-refractivity contribution in [1.82, 2.24) is 0 Å². The van der Waals surface area contributed by atoms with Gasteiger partial charge >= 0.3 is 84.1 Å². The number of rotatable bonds is 4. The van der Waals surface area contributed by atoms with Gasteiger partial charge in [0.1, 0.15) is 0 Å². The maximum absolute atomic E-state index is 10.7. The molecule has 0 aromatic heterocycles. The van der Waals surface area contributed by atoms with Crippen LogP contribution >= 0.6 is 0 Å². The molecule has 0 unspecified atom stereocenters. The average Bonchev–Trinajstić information content (AvgIpc) is 2.15. The Morgan fingerprint density at radius 2 is 2.00 bits per heavy atom. The van der Waals surface area contributed by atoms with Crippen LogP contribution < -0.4 is 9.20 Å². The van der Waals surface area contributed by atoms with E-state index in [1.165, 1.54) is 4.46 Å². The summed E-state index contributed by atoms with van der Waals surface area (Å²) in [4.78, 5) is 10.7. The molecule has 2 nitrogen and oxygen atoms in total. The number of hydrogen-bond acceptors (Lipinski definition) is 2. The fourth-order valence-electron chi connectivity index (χ4n) is 0.857. The third-order valence-electron chi connectivity index (χ3n) is 1.50. The van der Waals surface area contributed by atoms with Crippen molar-refractivity contribution in [2.75, 3.05) is 7.11 Å². The Labute approximate surface area is 84.4 Å². The van der Waals surface area contributed by atoms with Gasteiger partial charge in [-0.05, 0) is 0 Å². The van der Waals surface area contributed by atoms with E-state index >= 15 is 0 Å². The van der Waals surface area contributed by atoms with Crippen molar-refractivity contribution in [3.8, 4) is 5.75 Å². The molecular formula is C10H12O2Se. The van der Waals surface area contributed by atoms with E-state index in [2.05, 4.69) is 0 Å². The monoisotopic (exact) mass is 246 g/mol. The molecule has 0 aliphatic rings. The Bertz CT molecular complexity index is 279.